The van der Waals surface area contributed by atoms with Crippen LogP contribution in [-0.2, 0) is 29.3 Å². The number of amides is 5. The van der Waals surface area contributed by atoms with Crippen molar-refractivity contribution in [2.75, 3.05) is 37.5 Å². The van der Waals surface area contributed by atoms with Gasteiger partial charge in [-0.15, -0.1) is 0 Å². The molecule has 0 saturated carbocycles. The number of imidazole rings is 1. The fraction of sp³-hybridized carbons (Fsp3) is 0.500. The highest BCUT2D eigenvalue weighted by molar-refractivity contribution is 5.98. The number of methoxy groups -OCH3 is 2. The Hall–Kier alpha value is -6.38. The summed E-state index contributed by atoms with van der Waals surface area (Å²) in [6.07, 6.45) is 5.20. The molecule has 4 aromatic rings. The topological polar surface area (TPSA) is 178 Å². The van der Waals surface area contributed by atoms with E-state index in [1.165, 1.54) is 25.3 Å². The molecular formula is C52H68N8O7. The molecule has 0 spiro atoms. The molecule has 0 unspecified atom stereocenters. The largest absolute Gasteiger partial charge is 0.453 e. The van der Waals surface area contributed by atoms with Crippen molar-refractivity contribution in [3.63, 3.8) is 0 Å². The van der Waals surface area contributed by atoms with E-state index in [9.17, 15) is 24.0 Å². The van der Waals surface area contributed by atoms with Crippen LogP contribution in [0.5, 0.6) is 0 Å². The number of ether oxygens (including phenoxy) is 2. The van der Waals surface area contributed by atoms with Crippen LogP contribution in [0.4, 0.5) is 21.0 Å². The Morgan fingerprint density at radius 1 is 0.672 bits per heavy atom. The molecule has 0 bridgehead atoms. The number of carbonyl (C=O) groups is 5. The maximum atomic E-state index is 13.7. The monoisotopic (exact) mass is 917 g/mol. The molecule has 3 saturated heterocycles. The molecule has 1 aromatic heterocycles. The summed E-state index contributed by atoms with van der Waals surface area (Å²) in [6, 6.07) is 23.4. The zero-order valence-corrected chi connectivity index (χ0v) is 40.4. The molecule has 0 aliphatic carbocycles. The number of aromatic amines is 1. The van der Waals surface area contributed by atoms with Crippen molar-refractivity contribution in [2.45, 2.75) is 129 Å². The zero-order valence-electron chi connectivity index (χ0n) is 40.4. The van der Waals surface area contributed by atoms with Crippen LogP contribution in [0.3, 0.4) is 0 Å². The van der Waals surface area contributed by atoms with Crippen LogP contribution in [0.1, 0.15) is 128 Å². The van der Waals surface area contributed by atoms with E-state index in [0.717, 1.165) is 54.0 Å². The number of hydrogen-bond donors (Lipinski definition) is 4. The fourth-order valence-corrected chi connectivity index (χ4v) is 9.88. The van der Waals surface area contributed by atoms with Crippen LogP contribution < -0.4 is 20.9 Å². The van der Waals surface area contributed by atoms with Gasteiger partial charge >= 0.3 is 12.2 Å². The van der Waals surface area contributed by atoms with Gasteiger partial charge in [0.1, 0.15) is 23.9 Å². The summed E-state index contributed by atoms with van der Waals surface area (Å²) in [7, 11) is 2.55. The normalized spacial score (nSPS) is 20.5. The summed E-state index contributed by atoms with van der Waals surface area (Å²) in [5, 5.41) is 8.42. The van der Waals surface area contributed by atoms with Crippen molar-refractivity contribution < 1.29 is 33.4 Å². The van der Waals surface area contributed by atoms with E-state index >= 15 is 0 Å². The Balaban J connectivity index is 1.08. The fourth-order valence-electron chi connectivity index (χ4n) is 9.88. The molecule has 358 valence electrons. The van der Waals surface area contributed by atoms with E-state index in [1.807, 2.05) is 50.9 Å². The second-order valence-electron chi connectivity index (χ2n) is 19.8. The van der Waals surface area contributed by atoms with Gasteiger partial charge in [-0.3, -0.25) is 14.4 Å². The highest BCUT2D eigenvalue weighted by Gasteiger charge is 2.41. The van der Waals surface area contributed by atoms with Crippen molar-refractivity contribution >= 4 is 41.3 Å². The first-order valence-electron chi connectivity index (χ1n) is 23.7. The average Bonchev–Trinajstić information content (AvgIpc) is 4.16. The second kappa shape index (κ2) is 20.6. The third kappa shape index (κ3) is 10.8. The molecule has 4 heterocycles. The number of carbonyl (C=O) groups excluding carboxylic acids is 5. The van der Waals surface area contributed by atoms with Gasteiger partial charge in [0.2, 0.25) is 17.7 Å². The predicted molar refractivity (Wildman–Crippen MR) is 258 cm³/mol. The first-order chi connectivity index (χ1) is 32.0. The number of H-pyrrole nitrogens is 1. The number of nitrogens with one attached hydrogen (secondary N) is 4. The molecule has 3 aliphatic heterocycles. The van der Waals surface area contributed by atoms with Crippen molar-refractivity contribution in [2.24, 2.45) is 11.8 Å². The van der Waals surface area contributed by atoms with E-state index in [1.54, 1.807) is 4.90 Å². The van der Waals surface area contributed by atoms with Crippen LogP contribution in [-0.4, -0.2) is 95.1 Å². The first-order valence-corrected chi connectivity index (χ1v) is 23.7. The summed E-state index contributed by atoms with van der Waals surface area (Å²) in [5.74, 6) is -0.280. The highest BCUT2D eigenvalue weighted by Crippen LogP contribution is 2.47. The van der Waals surface area contributed by atoms with Gasteiger partial charge in [0, 0.05) is 24.5 Å². The standard InChI is InChI=1S/C52H68N8O7/c1-31(2)44(56-50(64)66-8)48(62)58-28-10-12-42(58)46-53-30-39(55-46)33-14-16-34(17-15-33)40-26-27-41(60(40)38-24-20-36(21-25-38)52(5,6)7)35-18-22-37(23-19-35)54-47(61)43-13-11-29-59(43)49(63)45(32(3)4)57-51(65)67-9/h14-25,30-32,40-45H,10-13,26-29H2,1-9H3,(H,53,55)(H,54,61)(H,56,64)(H,57,65)/t40-,41-,42+,43+,44+,45+/m1/s1. The minimum atomic E-state index is -0.804. The SMILES string of the molecule is COC(=O)N[C@H](C(=O)N1CCC[C@H]1C(=O)Nc1ccc([C@H]2CC[C@H](c3ccc(-c4cnc([C@@H]5CCCN5C(=O)[C@@H](NC(=O)OC)C(C)C)[nH]4)cc3)N2c2ccc(C(C)(C)C)cc2)cc1)C(C)C. The van der Waals surface area contributed by atoms with Gasteiger partial charge in [-0.2, -0.15) is 0 Å². The molecule has 3 fully saturated rings. The van der Waals surface area contributed by atoms with Gasteiger partial charge in [0.15, 0.2) is 0 Å². The lowest BCUT2D eigenvalue weighted by Gasteiger charge is -2.34. The highest BCUT2D eigenvalue weighted by atomic mass is 16.5. The number of anilines is 2. The summed E-state index contributed by atoms with van der Waals surface area (Å²) in [5.41, 5.74) is 7.22. The lowest BCUT2D eigenvalue weighted by molar-refractivity contribution is -0.139. The van der Waals surface area contributed by atoms with Gasteiger partial charge < -0.3 is 45.1 Å². The predicted octanol–water partition coefficient (Wildman–Crippen LogP) is 8.81. The van der Waals surface area contributed by atoms with Crippen molar-refractivity contribution in [3.8, 4) is 11.3 Å². The van der Waals surface area contributed by atoms with Gasteiger partial charge in [-0.25, -0.2) is 14.6 Å². The Labute approximate surface area is 394 Å². The molecular weight excluding hydrogens is 849 g/mol. The summed E-state index contributed by atoms with van der Waals surface area (Å²) < 4.78 is 9.55. The minimum absolute atomic E-state index is 0.00760. The van der Waals surface area contributed by atoms with Crippen molar-refractivity contribution in [3.05, 3.63) is 102 Å². The van der Waals surface area contributed by atoms with E-state index in [0.29, 0.717) is 31.6 Å². The van der Waals surface area contributed by atoms with Crippen LogP contribution in [0, 0.1) is 11.8 Å². The number of rotatable bonds is 13. The maximum absolute atomic E-state index is 13.7. The third-order valence-electron chi connectivity index (χ3n) is 13.7. The number of hydrogen-bond acceptors (Lipinski definition) is 9. The maximum Gasteiger partial charge on any atom is 0.407 e. The second-order valence-corrected chi connectivity index (χ2v) is 19.8. The van der Waals surface area contributed by atoms with Crippen LogP contribution in [0.15, 0.2) is 79.0 Å². The van der Waals surface area contributed by atoms with E-state index in [4.69, 9.17) is 14.5 Å². The third-order valence-corrected chi connectivity index (χ3v) is 13.7. The minimum Gasteiger partial charge on any atom is -0.453 e. The molecule has 3 aromatic carbocycles. The number of likely N-dealkylation sites (tertiary alicyclic amines) is 2. The van der Waals surface area contributed by atoms with E-state index in [2.05, 4.69) is 107 Å². The van der Waals surface area contributed by atoms with Gasteiger partial charge in [0.25, 0.3) is 0 Å². The summed E-state index contributed by atoms with van der Waals surface area (Å²) in [4.78, 5) is 79.3. The molecule has 15 nitrogen and oxygen atoms in total. The quantitative estimate of drug-likeness (QED) is 0.102. The van der Waals surface area contributed by atoms with Gasteiger partial charge in [0.05, 0.1) is 44.2 Å². The lowest BCUT2D eigenvalue weighted by Crippen LogP contribution is -2.54. The van der Waals surface area contributed by atoms with E-state index < -0.39 is 30.3 Å². The van der Waals surface area contributed by atoms with Gasteiger partial charge in [-0.1, -0.05) is 97.0 Å². The van der Waals surface area contributed by atoms with Crippen molar-refractivity contribution in [1.29, 1.82) is 0 Å². The summed E-state index contributed by atoms with van der Waals surface area (Å²) >= 11 is 0. The Bertz CT molecular complexity index is 2370. The smallest absolute Gasteiger partial charge is 0.407 e. The number of nitrogens with zero attached hydrogens (tertiary/aromatic N) is 4. The Morgan fingerprint density at radius 3 is 1.73 bits per heavy atom. The van der Waals surface area contributed by atoms with Crippen LogP contribution in [0.2, 0.25) is 0 Å². The zero-order chi connectivity index (χ0) is 48.2. The Kier molecular flexibility index (Phi) is 15.0. The lowest BCUT2D eigenvalue weighted by atomic mass is 9.87. The average molecular weight is 917 g/mol. The summed E-state index contributed by atoms with van der Waals surface area (Å²) in [6.45, 7) is 15.2. The molecule has 15 heteroatoms. The van der Waals surface area contributed by atoms with Crippen molar-refractivity contribution in [1.82, 2.24) is 30.4 Å². The van der Waals surface area contributed by atoms with Crippen LogP contribution in [0.25, 0.3) is 11.3 Å². The molecule has 7 rings (SSSR count). The van der Waals surface area contributed by atoms with Crippen LogP contribution >= 0.6 is 0 Å². The van der Waals surface area contributed by atoms with Gasteiger partial charge in [-0.05, 0) is 102 Å². The Morgan fingerprint density at radius 2 is 1.19 bits per heavy atom. The number of aromatic nitrogens is 2. The molecule has 4 N–H and O–H groups in total. The number of alkyl carbamates (subject to hydrolysis) is 2. The first kappa shape index (κ1) is 48.6. The van der Waals surface area contributed by atoms with E-state index in [-0.39, 0.29) is 53.1 Å². The molecule has 3 aliphatic rings. The molecule has 5 amide bonds. The number of benzene rings is 3. The molecule has 67 heavy (non-hydrogen) atoms. The molecule has 0 radical (unpaired) electrons. The molecule has 6 atom stereocenters.